The topological polar surface area (TPSA) is 41.6 Å². The van der Waals surface area contributed by atoms with Gasteiger partial charge in [-0.05, 0) is 50.1 Å². The Bertz CT molecular complexity index is 671. The number of carbonyl (C=O) groups excluding carboxylic acids is 1. The van der Waals surface area contributed by atoms with Gasteiger partial charge in [0.05, 0.1) is 0 Å². The van der Waals surface area contributed by atoms with Crippen molar-refractivity contribution in [3.63, 3.8) is 0 Å². The number of nitrogens with one attached hydrogen (secondary N) is 1. The smallest absolute Gasteiger partial charge is 0.260 e. The van der Waals surface area contributed by atoms with Crippen molar-refractivity contribution in [1.82, 2.24) is 5.32 Å². The molecule has 0 aliphatic heterocycles. The number of amides is 1. The van der Waals surface area contributed by atoms with Gasteiger partial charge in [0.15, 0.2) is 6.10 Å². The highest BCUT2D eigenvalue weighted by Gasteiger charge is 2.15. The Morgan fingerprint density at radius 3 is 2.54 bits per heavy atom. The Labute approximate surface area is 144 Å². The molecule has 0 saturated heterocycles. The van der Waals surface area contributed by atoms with Crippen LogP contribution in [0.3, 0.4) is 0 Å². The number of aryl methyl sites for hydroxylation is 1. The number of hydrogen-bond acceptors (Lipinski definition) is 3. The van der Waals surface area contributed by atoms with Crippen LogP contribution in [0, 0.1) is 13.8 Å². The van der Waals surface area contributed by atoms with Gasteiger partial charge < -0.3 is 15.0 Å². The molecule has 2 aromatic rings. The summed E-state index contributed by atoms with van der Waals surface area (Å²) in [6, 6.07) is 16.0. The zero-order chi connectivity index (χ0) is 17.5. The minimum atomic E-state index is -0.521. The Morgan fingerprint density at radius 2 is 1.83 bits per heavy atom. The summed E-state index contributed by atoms with van der Waals surface area (Å²) in [6.07, 6.45) is -0.521. The highest BCUT2D eigenvalue weighted by molar-refractivity contribution is 5.80. The molecular formula is C20H26N2O2. The maximum Gasteiger partial charge on any atom is 0.260 e. The second kappa shape index (κ2) is 8.39. The predicted octanol–water partition coefficient (Wildman–Crippen LogP) is 3.32. The number of likely N-dealkylation sites (N-methyl/N-ethyl adjacent to an activating group) is 1. The van der Waals surface area contributed by atoms with Crippen molar-refractivity contribution in [1.29, 1.82) is 0 Å². The maximum atomic E-state index is 12.2. The molecule has 128 valence electrons. The van der Waals surface area contributed by atoms with Crippen LogP contribution in [-0.4, -0.2) is 32.1 Å². The van der Waals surface area contributed by atoms with Gasteiger partial charge >= 0.3 is 0 Å². The van der Waals surface area contributed by atoms with E-state index in [1.807, 2.05) is 69.4 Å². The third-order valence-corrected chi connectivity index (χ3v) is 4.17. The number of carbonyl (C=O) groups is 1. The molecule has 0 heterocycles. The van der Waals surface area contributed by atoms with Crippen LogP contribution < -0.4 is 15.0 Å². The molecule has 2 rings (SSSR count). The van der Waals surface area contributed by atoms with E-state index in [-0.39, 0.29) is 5.91 Å². The minimum absolute atomic E-state index is 0.0997. The summed E-state index contributed by atoms with van der Waals surface area (Å²) < 4.78 is 5.80. The Morgan fingerprint density at radius 1 is 1.12 bits per heavy atom. The molecule has 24 heavy (non-hydrogen) atoms. The summed E-state index contributed by atoms with van der Waals surface area (Å²) in [5.41, 5.74) is 3.36. The molecule has 1 atom stereocenters. The van der Waals surface area contributed by atoms with Crippen molar-refractivity contribution in [2.75, 3.05) is 25.0 Å². The molecule has 1 amide bonds. The van der Waals surface area contributed by atoms with Gasteiger partial charge in [-0.25, -0.2) is 0 Å². The average molecular weight is 326 g/mol. The van der Waals surface area contributed by atoms with Crippen LogP contribution in [0.25, 0.3) is 0 Å². The molecule has 0 radical (unpaired) electrons. The van der Waals surface area contributed by atoms with Gasteiger partial charge in [0.25, 0.3) is 5.91 Å². The lowest BCUT2D eigenvalue weighted by Crippen LogP contribution is -2.40. The van der Waals surface area contributed by atoms with Crippen LogP contribution >= 0.6 is 0 Å². The highest BCUT2D eigenvalue weighted by Crippen LogP contribution is 2.21. The molecule has 0 aliphatic rings. The first-order valence-electron chi connectivity index (χ1n) is 8.26. The minimum Gasteiger partial charge on any atom is -0.481 e. The van der Waals surface area contributed by atoms with Crippen molar-refractivity contribution in [3.05, 3.63) is 59.7 Å². The van der Waals surface area contributed by atoms with E-state index in [1.165, 1.54) is 0 Å². The quantitative estimate of drug-likeness (QED) is 0.848. The molecule has 0 bridgehead atoms. The number of anilines is 1. The molecule has 0 spiro atoms. The summed E-state index contributed by atoms with van der Waals surface area (Å²) in [5, 5.41) is 2.93. The number of rotatable bonds is 7. The SMILES string of the molecule is Cc1cccc(O[C@H](C)C(=O)NCCN(C)c2ccccc2)c1C. The zero-order valence-corrected chi connectivity index (χ0v) is 14.9. The summed E-state index contributed by atoms with van der Waals surface area (Å²) in [6.45, 7) is 7.13. The van der Waals surface area contributed by atoms with Crippen LogP contribution in [0.5, 0.6) is 5.75 Å². The van der Waals surface area contributed by atoms with Gasteiger partial charge in [-0.3, -0.25) is 4.79 Å². The molecule has 0 aromatic heterocycles. The number of nitrogens with zero attached hydrogens (tertiary/aromatic N) is 1. The summed E-state index contributed by atoms with van der Waals surface area (Å²) in [4.78, 5) is 14.3. The summed E-state index contributed by atoms with van der Waals surface area (Å²) in [7, 11) is 2.01. The van der Waals surface area contributed by atoms with Crippen molar-refractivity contribution in [3.8, 4) is 5.75 Å². The zero-order valence-electron chi connectivity index (χ0n) is 14.9. The van der Waals surface area contributed by atoms with Crippen molar-refractivity contribution >= 4 is 11.6 Å². The first-order chi connectivity index (χ1) is 11.5. The molecule has 0 aliphatic carbocycles. The predicted molar refractivity (Wildman–Crippen MR) is 98.7 cm³/mol. The molecule has 1 N–H and O–H groups in total. The van der Waals surface area contributed by atoms with E-state index in [9.17, 15) is 4.79 Å². The van der Waals surface area contributed by atoms with Gasteiger partial charge in [0, 0.05) is 25.8 Å². The van der Waals surface area contributed by atoms with Crippen LogP contribution in [0.1, 0.15) is 18.1 Å². The third kappa shape index (κ3) is 4.75. The van der Waals surface area contributed by atoms with Crippen molar-refractivity contribution in [2.24, 2.45) is 0 Å². The maximum absolute atomic E-state index is 12.2. The highest BCUT2D eigenvalue weighted by atomic mass is 16.5. The second-order valence-corrected chi connectivity index (χ2v) is 6.01. The Hall–Kier alpha value is -2.49. The summed E-state index contributed by atoms with van der Waals surface area (Å²) in [5.74, 6) is 0.663. The fourth-order valence-electron chi connectivity index (χ4n) is 2.40. The fourth-order valence-corrected chi connectivity index (χ4v) is 2.40. The Balaban J connectivity index is 1.80. The van der Waals surface area contributed by atoms with E-state index in [2.05, 4.69) is 10.2 Å². The molecule has 0 unspecified atom stereocenters. The molecule has 2 aromatic carbocycles. The molecule has 0 fully saturated rings. The van der Waals surface area contributed by atoms with E-state index >= 15 is 0 Å². The van der Waals surface area contributed by atoms with Gasteiger partial charge in [-0.15, -0.1) is 0 Å². The first kappa shape index (κ1) is 17.9. The second-order valence-electron chi connectivity index (χ2n) is 6.01. The van der Waals surface area contributed by atoms with Crippen LogP contribution in [0.15, 0.2) is 48.5 Å². The van der Waals surface area contributed by atoms with E-state index in [1.54, 1.807) is 6.92 Å². The van der Waals surface area contributed by atoms with Gasteiger partial charge in [-0.1, -0.05) is 30.3 Å². The van der Waals surface area contributed by atoms with Crippen molar-refractivity contribution < 1.29 is 9.53 Å². The number of benzene rings is 2. The molecule has 4 heteroatoms. The third-order valence-electron chi connectivity index (χ3n) is 4.17. The number of ether oxygens (including phenoxy) is 1. The fraction of sp³-hybridized carbons (Fsp3) is 0.350. The van der Waals surface area contributed by atoms with E-state index < -0.39 is 6.10 Å². The lowest BCUT2D eigenvalue weighted by atomic mass is 10.1. The van der Waals surface area contributed by atoms with Crippen LogP contribution in [0.2, 0.25) is 0 Å². The van der Waals surface area contributed by atoms with E-state index in [0.29, 0.717) is 6.54 Å². The monoisotopic (exact) mass is 326 g/mol. The van der Waals surface area contributed by atoms with E-state index in [4.69, 9.17) is 4.74 Å². The van der Waals surface area contributed by atoms with Gasteiger partial charge in [0.1, 0.15) is 5.75 Å². The largest absolute Gasteiger partial charge is 0.481 e. The summed E-state index contributed by atoms with van der Waals surface area (Å²) >= 11 is 0. The van der Waals surface area contributed by atoms with Gasteiger partial charge in [-0.2, -0.15) is 0 Å². The molecule has 0 saturated carbocycles. The van der Waals surface area contributed by atoms with Crippen LogP contribution in [0.4, 0.5) is 5.69 Å². The van der Waals surface area contributed by atoms with Crippen LogP contribution in [-0.2, 0) is 4.79 Å². The Kier molecular flexibility index (Phi) is 6.24. The lowest BCUT2D eigenvalue weighted by molar-refractivity contribution is -0.127. The average Bonchev–Trinajstić information content (AvgIpc) is 2.59. The number of para-hydroxylation sites is 1. The van der Waals surface area contributed by atoms with Crippen molar-refractivity contribution in [2.45, 2.75) is 26.9 Å². The normalized spacial score (nSPS) is 11.7. The number of hydrogen-bond donors (Lipinski definition) is 1. The van der Waals surface area contributed by atoms with Gasteiger partial charge in [0.2, 0.25) is 0 Å². The lowest BCUT2D eigenvalue weighted by Gasteiger charge is -2.21. The first-order valence-corrected chi connectivity index (χ1v) is 8.26. The van der Waals surface area contributed by atoms with E-state index in [0.717, 1.165) is 29.1 Å². The molecular weight excluding hydrogens is 300 g/mol. The molecule has 4 nitrogen and oxygen atoms in total. The standard InChI is InChI=1S/C20H26N2O2/c1-15-9-8-12-19(16(15)2)24-17(3)20(23)21-13-14-22(4)18-10-6-5-7-11-18/h5-12,17H,13-14H2,1-4H3,(H,21,23)/t17-/m1/s1.